The van der Waals surface area contributed by atoms with Crippen molar-refractivity contribution in [1.29, 1.82) is 0 Å². The summed E-state index contributed by atoms with van der Waals surface area (Å²) in [5, 5.41) is 9.54. The minimum absolute atomic E-state index is 0.322. The smallest absolute Gasteiger partial charge is 0.273 e. The number of rotatable bonds is 5. The normalized spacial score (nSPS) is 10.4. The van der Waals surface area contributed by atoms with Crippen molar-refractivity contribution in [1.82, 2.24) is 10.2 Å². The lowest BCUT2D eigenvalue weighted by atomic mass is 10.1. The molecule has 0 saturated heterocycles. The predicted octanol–water partition coefficient (Wildman–Crippen LogP) is 3.87. The Balaban J connectivity index is 1.72. The van der Waals surface area contributed by atoms with Gasteiger partial charge in [-0.3, -0.25) is 9.89 Å². The minimum Gasteiger partial charge on any atom is -0.494 e. The average molecular weight is 325 g/mol. The van der Waals surface area contributed by atoms with Crippen LogP contribution < -0.4 is 10.1 Å². The van der Waals surface area contributed by atoms with E-state index in [4.69, 9.17) is 4.74 Å². The molecule has 0 saturated carbocycles. The quantitative estimate of drug-likeness (QED) is 0.748. The number of hydrogen-bond acceptors (Lipinski definition) is 3. The van der Waals surface area contributed by atoms with Gasteiger partial charge >= 0.3 is 0 Å². The number of carbonyl (C=O) groups is 1. The zero-order chi connectivity index (χ0) is 16.9. The summed E-state index contributed by atoms with van der Waals surface area (Å²) in [6.45, 7) is 2.53. The van der Waals surface area contributed by atoms with E-state index in [0.29, 0.717) is 23.7 Å². The third kappa shape index (κ3) is 3.60. The molecule has 3 rings (SSSR count). The number of carbonyl (C=O) groups excluding carboxylic acids is 1. The Bertz CT molecular complexity index is 826. The van der Waals surface area contributed by atoms with E-state index in [2.05, 4.69) is 15.5 Å². The third-order valence-electron chi connectivity index (χ3n) is 3.39. The maximum atomic E-state index is 12.9. The Morgan fingerprint density at radius 3 is 2.54 bits per heavy atom. The van der Waals surface area contributed by atoms with Crippen molar-refractivity contribution in [3.63, 3.8) is 0 Å². The molecule has 0 unspecified atom stereocenters. The molecule has 1 aromatic heterocycles. The van der Waals surface area contributed by atoms with Crippen LogP contribution in [0, 0.1) is 5.82 Å². The first-order valence-electron chi connectivity index (χ1n) is 7.51. The van der Waals surface area contributed by atoms with E-state index in [1.807, 2.05) is 31.2 Å². The summed E-state index contributed by atoms with van der Waals surface area (Å²) >= 11 is 0. The van der Waals surface area contributed by atoms with Gasteiger partial charge in [0.2, 0.25) is 0 Å². The van der Waals surface area contributed by atoms with Crippen LogP contribution in [-0.2, 0) is 0 Å². The number of amides is 1. The molecule has 0 aliphatic carbocycles. The zero-order valence-electron chi connectivity index (χ0n) is 13.0. The van der Waals surface area contributed by atoms with E-state index in [1.54, 1.807) is 6.07 Å². The summed E-state index contributed by atoms with van der Waals surface area (Å²) in [4.78, 5) is 12.2. The van der Waals surface area contributed by atoms with E-state index >= 15 is 0 Å². The van der Waals surface area contributed by atoms with Crippen LogP contribution in [0.25, 0.3) is 11.3 Å². The molecule has 5 nitrogen and oxygen atoms in total. The summed E-state index contributed by atoms with van der Waals surface area (Å²) < 4.78 is 18.3. The molecule has 2 aromatic carbocycles. The summed E-state index contributed by atoms with van der Waals surface area (Å²) in [6, 6.07) is 14.7. The molecule has 0 spiro atoms. The molecule has 122 valence electrons. The molecule has 0 radical (unpaired) electrons. The maximum absolute atomic E-state index is 12.9. The highest BCUT2D eigenvalue weighted by molar-refractivity contribution is 6.03. The lowest BCUT2D eigenvalue weighted by Crippen LogP contribution is -2.12. The molecule has 6 heteroatoms. The number of nitrogens with zero attached hydrogens (tertiary/aromatic N) is 1. The molecule has 0 aliphatic heterocycles. The minimum atomic E-state index is -0.354. The first-order valence-corrected chi connectivity index (χ1v) is 7.51. The Kier molecular flexibility index (Phi) is 4.56. The van der Waals surface area contributed by atoms with Gasteiger partial charge in [-0.1, -0.05) is 0 Å². The zero-order valence-corrected chi connectivity index (χ0v) is 13.0. The van der Waals surface area contributed by atoms with Crippen LogP contribution >= 0.6 is 0 Å². The monoisotopic (exact) mass is 325 g/mol. The van der Waals surface area contributed by atoms with Crippen LogP contribution in [0.2, 0.25) is 0 Å². The van der Waals surface area contributed by atoms with Crippen LogP contribution in [-0.4, -0.2) is 22.7 Å². The van der Waals surface area contributed by atoms with Crippen molar-refractivity contribution in [2.24, 2.45) is 0 Å². The number of nitrogens with one attached hydrogen (secondary N) is 2. The number of benzene rings is 2. The highest BCUT2D eigenvalue weighted by Crippen LogP contribution is 2.21. The van der Waals surface area contributed by atoms with Gasteiger partial charge in [-0.05, 0) is 61.5 Å². The van der Waals surface area contributed by atoms with Crippen molar-refractivity contribution in [2.75, 3.05) is 11.9 Å². The molecule has 2 N–H and O–H groups in total. The van der Waals surface area contributed by atoms with Gasteiger partial charge in [0.05, 0.1) is 12.3 Å². The van der Waals surface area contributed by atoms with Crippen molar-refractivity contribution in [2.45, 2.75) is 6.92 Å². The van der Waals surface area contributed by atoms with Gasteiger partial charge in [-0.15, -0.1) is 0 Å². The fraction of sp³-hybridized carbons (Fsp3) is 0.111. The first kappa shape index (κ1) is 15.7. The fourth-order valence-corrected chi connectivity index (χ4v) is 2.21. The van der Waals surface area contributed by atoms with Gasteiger partial charge in [0.1, 0.15) is 17.3 Å². The van der Waals surface area contributed by atoms with Gasteiger partial charge in [0.25, 0.3) is 5.91 Å². The lowest BCUT2D eigenvalue weighted by molar-refractivity contribution is 0.102. The van der Waals surface area contributed by atoms with E-state index < -0.39 is 0 Å². The Morgan fingerprint density at radius 2 is 1.88 bits per heavy atom. The number of anilines is 1. The Labute approximate surface area is 138 Å². The summed E-state index contributed by atoms with van der Waals surface area (Å²) in [5.74, 6) is 0.0877. The van der Waals surface area contributed by atoms with Crippen LogP contribution in [0.4, 0.5) is 10.1 Å². The highest BCUT2D eigenvalue weighted by atomic mass is 19.1. The summed E-state index contributed by atoms with van der Waals surface area (Å²) in [5.41, 5.74) is 2.36. The second-order valence-corrected chi connectivity index (χ2v) is 5.09. The molecule has 1 amide bonds. The average Bonchev–Trinajstić information content (AvgIpc) is 3.08. The van der Waals surface area contributed by atoms with Gasteiger partial charge in [0, 0.05) is 11.3 Å². The van der Waals surface area contributed by atoms with Gasteiger partial charge < -0.3 is 10.1 Å². The lowest BCUT2D eigenvalue weighted by Gasteiger charge is -2.03. The summed E-state index contributed by atoms with van der Waals surface area (Å²) in [6.07, 6.45) is 0. The van der Waals surface area contributed by atoms with Crippen LogP contribution in [0.1, 0.15) is 17.4 Å². The van der Waals surface area contributed by atoms with E-state index in [-0.39, 0.29) is 11.7 Å². The number of hydrogen-bond donors (Lipinski definition) is 2. The molecule has 24 heavy (non-hydrogen) atoms. The highest BCUT2D eigenvalue weighted by Gasteiger charge is 2.11. The molecule has 0 bridgehead atoms. The number of halogens is 1. The molecular formula is C18H16FN3O2. The molecule has 1 heterocycles. The van der Waals surface area contributed by atoms with Gasteiger partial charge in [-0.25, -0.2) is 4.39 Å². The van der Waals surface area contributed by atoms with Crippen molar-refractivity contribution in [3.8, 4) is 17.0 Å². The number of H-pyrrole nitrogens is 1. The fourth-order valence-electron chi connectivity index (χ4n) is 2.21. The number of aromatic nitrogens is 2. The first-order chi connectivity index (χ1) is 11.7. The van der Waals surface area contributed by atoms with Crippen molar-refractivity contribution >= 4 is 11.6 Å². The van der Waals surface area contributed by atoms with Crippen molar-refractivity contribution in [3.05, 3.63) is 66.1 Å². The van der Waals surface area contributed by atoms with Crippen LogP contribution in [0.3, 0.4) is 0 Å². The second-order valence-electron chi connectivity index (χ2n) is 5.09. The molecule has 0 atom stereocenters. The topological polar surface area (TPSA) is 67.0 Å². The Morgan fingerprint density at radius 1 is 1.17 bits per heavy atom. The number of aromatic amines is 1. The molecule has 3 aromatic rings. The molecule has 0 fully saturated rings. The standard InChI is InChI=1S/C18H16FN3O2/c1-2-24-15-9-3-12(4-10-15)16-11-17(22-21-16)18(23)20-14-7-5-13(19)6-8-14/h3-11H,2H2,1H3,(H,20,23)(H,21,22). The predicted molar refractivity (Wildman–Crippen MR) is 89.5 cm³/mol. The molecular weight excluding hydrogens is 309 g/mol. The van der Waals surface area contributed by atoms with E-state index in [0.717, 1.165) is 11.3 Å². The Hall–Kier alpha value is -3.15. The SMILES string of the molecule is CCOc1ccc(-c2cc(C(=O)Nc3ccc(F)cc3)[nH]n2)cc1. The van der Waals surface area contributed by atoms with Crippen LogP contribution in [0.5, 0.6) is 5.75 Å². The summed E-state index contributed by atoms with van der Waals surface area (Å²) in [7, 11) is 0. The third-order valence-corrected chi connectivity index (χ3v) is 3.39. The molecule has 0 aliphatic rings. The van der Waals surface area contributed by atoms with E-state index in [1.165, 1.54) is 24.3 Å². The largest absolute Gasteiger partial charge is 0.494 e. The van der Waals surface area contributed by atoms with Crippen LogP contribution in [0.15, 0.2) is 54.6 Å². The van der Waals surface area contributed by atoms with Gasteiger partial charge in [0.15, 0.2) is 0 Å². The second kappa shape index (κ2) is 6.95. The van der Waals surface area contributed by atoms with E-state index in [9.17, 15) is 9.18 Å². The van der Waals surface area contributed by atoms with Gasteiger partial charge in [-0.2, -0.15) is 5.10 Å². The number of ether oxygens (including phenoxy) is 1. The maximum Gasteiger partial charge on any atom is 0.273 e. The van der Waals surface area contributed by atoms with Crippen molar-refractivity contribution < 1.29 is 13.9 Å².